The van der Waals surface area contributed by atoms with Crippen molar-refractivity contribution in [2.45, 2.75) is 25.7 Å². The molecule has 1 aromatic heterocycles. The zero-order valence-electron chi connectivity index (χ0n) is 8.40. The summed E-state index contributed by atoms with van der Waals surface area (Å²) in [5.41, 5.74) is 1.98. The lowest BCUT2D eigenvalue weighted by Crippen LogP contribution is -2.25. The van der Waals surface area contributed by atoms with Crippen LogP contribution in [0.15, 0.2) is 6.20 Å². The highest BCUT2D eigenvalue weighted by atomic mass is 16.4. The lowest BCUT2D eigenvalue weighted by atomic mass is 9.79. The molecule has 0 aromatic carbocycles. The highest BCUT2D eigenvalue weighted by molar-refractivity contribution is 5.77. The lowest BCUT2D eigenvalue weighted by molar-refractivity contribution is -0.140. The normalized spacial score (nSPS) is 25.9. The van der Waals surface area contributed by atoms with E-state index in [2.05, 4.69) is 5.10 Å². The van der Waals surface area contributed by atoms with Crippen LogP contribution in [0.4, 0.5) is 0 Å². The molecule has 1 aromatic rings. The number of carbonyl (C=O) groups is 1. The summed E-state index contributed by atoms with van der Waals surface area (Å²) in [6.07, 6.45) is 3.57. The summed E-state index contributed by atoms with van der Waals surface area (Å²) in [4.78, 5) is 11.1. The molecule has 1 N–H and O–H groups in total. The number of rotatable bonds is 1. The van der Waals surface area contributed by atoms with Crippen LogP contribution in [0.1, 0.15) is 30.5 Å². The van der Waals surface area contributed by atoms with Gasteiger partial charge in [0, 0.05) is 18.3 Å². The molecule has 1 heterocycles. The van der Waals surface area contributed by atoms with Gasteiger partial charge in [0.05, 0.1) is 12.1 Å². The van der Waals surface area contributed by atoms with Crippen molar-refractivity contribution in [2.24, 2.45) is 13.0 Å². The molecule has 0 radical (unpaired) electrons. The van der Waals surface area contributed by atoms with Crippen molar-refractivity contribution in [1.29, 1.82) is 0 Å². The van der Waals surface area contributed by atoms with E-state index in [0.29, 0.717) is 0 Å². The molecule has 2 atom stereocenters. The summed E-state index contributed by atoms with van der Waals surface area (Å²) in [6, 6.07) is 0. The Kier molecular flexibility index (Phi) is 2.06. The van der Waals surface area contributed by atoms with Gasteiger partial charge in [-0.1, -0.05) is 6.92 Å². The second-order valence-corrected chi connectivity index (χ2v) is 4.00. The van der Waals surface area contributed by atoms with Gasteiger partial charge >= 0.3 is 5.97 Å². The van der Waals surface area contributed by atoms with Crippen molar-refractivity contribution in [3.8, 4) is 0 Å². The van der Waals surface area contributed by atoms with Crippen LogP contribution in [0.5, 0.6) is 0 Å². The Morgan fingerprint density at radius 3 is 3.07 bits per heavy atom. The van der Waals surface area contributed by atoms with E-state index in [0.717, 1.165) is 24.1 Å². The van der Waals surface area contributed by atoms with Gasteiger partial charge in [0.2, 0.25) is 0 Å². The Bertz CT molecular complexity index is 370. The van der Waals surface area contributed by atoms with E-state index in [1.807, 2.05) is 14.0 Å². The summed E-state index contributed by atoms with van der Waals surface area (Å²) < 4.78 is 1.79. The quantitative estimate of drug-likeness (QED) is 0.730. The van der Waals surface area contributed by atoms with Crippen LogP contribution in [0.2, 0.25) is 0 Å². The minimum atomic E-state index is -0.730. The number of carboxylic acid groups (broad SMARTS) is 1. The maximum Gasteiger partial charge on any atom is 0.311 e. The van der Waals surface area contributed by atoms with Gasteiger partial charge in [-0.25, -0.2) is 0 Å². The number of nitrogens with zero attached hydrogens (tertiary/aromatic N) is 2. The maximum atomic E-state index is 11.1. The molecule has 0 spiro atoms. The molecular weight excluding hydrogens is 180 g/mol. The van der Waals surface area contributed by atoms with Gasteiger partial charge in [-0.05, 0) is 18.8 Å². The zero-order valence-corrected chi connectivity index (χ0v) is 8.40. The van der Waals surface area contributed by atoms with Gasteiger partial charge in [-0.2, -0.15) is 5.10 Å². The Balaban J connectivity index is 2.47. The summed E-state index contributed by atoms with van der Waals surface area (Å²) in [7, 11) is 1.87. The third-order valence-electron chi connectivity index (χ3n) is 3.10. The molecule has 0 saturated heterocycles. The first-order valence-corrected chi connectivity index (χ1v) is 4.85. The third kappa shape index (κ3) is 1.22. The number of aromatic nitrogens is 2. The van der Waals surface area contributed by atoms with Crippen LogP contribution in [0, 0.1) is 5.92 Å². The lowest BCUT2D eigenvalue weighted by Gasteiger charge is -2.25. The Morgan fingerprint density at radius 1 is 1.71 bits per heavy atom. The maximum absolute atomic E-state index is 11.1. The first kappa shape index (κ1) is 9.24. The van der Waals surface area contributed by atoms with E-state index in [4.69, 9.17) is 5.11 Å². The van der Waals surface area contributed by atoms with Crippen LogP contribution >= 0.6 is 0 Å². The first-order chi connectivity index (χ1) is 6.61. The molecule has 2 unspecified atom stereocenters. The molecular formula is C10H14N2O2. The minimum Gasteiger partial charge on any atom is -0.481 e. The average Bonchev–Trinajstić information content (AvgIpc) is 2.47. The monoisotopic (exact) mass is 194 g/mol. The third-order valence-corrected chi connectivity index (χ3v) is 3.10. The fourth-order valence-electron chi connectivity index (χ4n) is 2.26. The summed E-state index contributed by atoms with van der Waals surface area (Å²) in [6.45, 7) is 1.99. The van der Waals surface area contributed by atoms with Crippen molar-refractivity contribution in [2.75, 3.05) is 0 Å². The number of hydrogen-bond acceptors (Lipinski definition) is 2. The number of aryl methyl sites for hydroxylation is 1. The van der Waals surface area contributed by atoms with Gasteiger partial charge in [0.25, 0.3) is 0 Å². The average molecular weight is 194 g/mol. The molecule has 1 aliphatic rings. The molecule has 1 aliphatic carbocycles. The molecule has 14 heavy (non-hydrogen) atoms. The molecule has 76 valence electrons. The van der Waals surface area contributed by atoms with E-state index in [-0.39, 0.29) is 11.8 Å². The summed E-state index contributed by atoms with van der Waals surface area (Å²) in [5, 5.41) is 13.2. The number of fused-ring (bicyclic) bond motifs is 1. The van der Waals surface area contributed by atoms with Crippen molar-refractivity contribution in [3.63, 3.8) is 0 Å². The highest BCUT2D eigenvalue weighted by Gasteiger charge is 2.34. The van der Waals surface area contributed by atoms with Crippen LogP contribution < -0.4 is 0 Å². The van der Waals surface area contributed by atoms with Crippen molar-refractivity contribution >= 4 is 5.97 Å². The van der Waals surface area contributed by atoms with Crippen LogP contribution in [-0.2, 0) is 18.3 Å². The predicted molar refractivity (Wildman–Crippen MR) is 51.1 cm³/mol. The fraction of sp³-hybridized carbons (Fsp3) is 0.600. The van der Waals surface area contributed by atoms with Crippen LogP contribution in [-0.4, -0.2) is 20.9 Å². The van der Waals surface area contributed by atoms with Crippen molar-refractivity contribution in [1.82, 2.24) is 9.78 Å². The molecule has 0 aliphatic heterocycles. The standard InChI is InChI=1S/C10H14N2O2/c1-6-3-4-8-7(5-11-12(8)2)9(6)10(13)14/h5-6,9H,3-4H2,1-2H3,(H,13,14). The molecule has 0 bridgehead atoms. The minimum absolute atomic E-state index is 0.212. The number of carboxylic acids is 1. The Morgan fingerprint density at radius 2 is 2.43 bits per heavy atom. The molecule has 2 rings (SSSR count). The smallest absolute Gasteiger partial charge is 0.311 e. The topological polar surface area (TPSA) is 55.1 Å². The first-order valence-electron chi connectivity index (χ1n) is 4.85. The number of hydrogen-bond donors (Lipinski definition) is 1. The Labute approximate surface area is 82.5 Å². The van der Waals surface area contributed by atoms with Crippen LogP contribution in [0.3, 0.4) is 0 Å². The molecule has 0 fully saturated rings. The SMILES string of the molecule is CC1CCc2c(cnn2C)C1C(=O)O. The fourth-order valence-corrected chi connectivity index (χ4v) is 2.26. The summed E-state index contributed by atoms with van der Waals surface area (Å²) >= 11 is 0. The van der Waals surface area contributed by atoms with E-state index in [1.165, 1.54) is 0 Å². The largest absolute Gasteiger partial charge is 0.481 e. The highest BCUT2D eigenvalue weighted by Crippen LogP contribution is 2.35. The van der Waals surface area contributed by atoms with Gasteiger partial charge in [0.15, 0.2) is 0 Å². The zero-order chi connectivity index (χ0) is 10.3. The molecule has 0 saturated carbocycles. The van der Waals surface area contributed by atoms with E-state index >= 15 is 0 Å². The van der Waals surface area contributed by atoms with Crippen molar-refractivity contribution in [3.05, 3.63) is 17.5 Å². The second-order valence-electron chi connectivity index (χ2n) is 4.00. The van der Waals surface area contributed by atoms with E-state index < -0.39 is 5.97 Å². The summed E-state index contributed by atoms with van der Waals surface area (Å²) in [5.74, 6) is -0.886. The van der Waals surface area contributed by atoms with E-state index in [1.54, 1.807) is 10.9 Å². The van der Waals surface area contributed by atoms with E-state index in [9.17, 15) is 4.79 Å². The van der Waals surface area contributed by atoms with Gasteiger partial charge in [-0.15, -0.1) is 0 Å². The second kappa shape index (κ2) is 3.12. The van der Waals surface area contributed by atoms with Gasteiger partial charge < -0.3 is 5.11 Å². The molecule has 4 heteroatoms. The van der Waals surface area contributed by atoms with Gasteiger partial charge in [0.1, 0.15) is 0 Å². The molecule has 0 amide bonds. The number of aliphatic carboxylic acids is 1. The van der Waals surface area contributed by atoms with Gasteiger partial charge in [-0.3, -0.25) is 9.48 Å². The molecule has 4 nitrogen and oxygen atoms in total. The predicted octanol–water partition coefficient (Wildman–Crippen LogP) is 1.17. The Hall–Kier alpha value is -1.32. The van der Waals surface area contributed by atoms with Crippen molar-refractivity contribution < 1.29 is 9.90 Å². The van der Waals surface area contributed by atoms with Crippen LogP contribution in [0.25, 0.3) is 0 Å².